The second-order valence-corrected chi connectivity index (χ2v) is 6.74. The molecule has 0 bridgehead atoms. The molecule has 0 radical (unpaired) electrons. The Labute approximate surface area is 114 Å². The van der Waals surface area contributed by atoms with E-state index in [1.165, 1.54) is 6.26 Å². The van der Waals surface area contributed by atoms with Gasteiger partial charge in [0.15, 0.2) is 0 Å². The zero-order chi connectivity index (χ0) is 14.3. The lowest BCUT2D eigenvalue weighted by molar-refractivity contribution is -0.120. The SMILES string of the molecule is CS(=O)(=O)CCCNC(=O)Cc1ccccc1CN. The van der Waals surface area contributed by atoms with Crippen LogP contribution < -0.4 is 11.1 Å². The summed E-state index contributed by atoms with van der Waals surface area (Å²) >= 11 is 0. The van der Waals surface area contributed by atoms with Crippen molar-refractivity contribution >= 4 is 15.7 Å². The van der Waals surface area contributed by atoms with Crippen LogP contribution in [0.3, 0.4) is 0 Å². The lowest BCUT2D eigenvalue weighted by atomic mass is 10.0. The van der Waals surface area contributed by atoms with Crippen LogP contribution in [-0.4, -0.2) is 32.9 Å². The fourth-order valence-electron chi connectivity index (χ4n) is 1.73. The Kier molecular flexibility index (Phi) is 5.98. The largest absolute Gasteiger partial charge is 0.356 e. The van der Waals surface area contributed by atoms with Crippen LogP contribution in [0.4, 0.5) is 0 Å². The molecule has 0 fully saturated rings. The van der Waals surface area contributed by atoms with Crippen molar-refractivity contribution in [3.05, 3.63) is 35.4 Å². The summed E-state index contributed by atoms with van der Waals surface area (Å²) in [4.78, 5) is 11.7. The summed E-state index contributed by atoms with van der Waals surface area (Å²) in [7, 11) is -2.96. The molecule has 0 atom stereocenters. The standard InChI is InChI=1S/C13H20N2O3S/c1-19(17,18)8-4-7-15-13(16)9-11-5-2-3-6-12(11)10-14/h2-3,5-6H,4,7-10,14H2,1H3,(H,15,16). The molecule has 0 spiro atoms. The minimum Gasteiger partial charge on any atom is -0.356 e. The first kappa shape index (κ1) is 15.7. The molecule has 0 aliphatic heterocycles. The molecule has 1 amide bonds. The zero-order valence-corrected chi connectivity index (χ0v) is 11.9. The Balaban J connectivity index is 2.39. The normalized spacial score (nSPS) is 11.3. The number of benzene rings is 1. The zero-order valence-electron chi connectivity index (χ0n) is 11.1. The molecule has 0 unspecified atom stereocenters. The molecule has 106 valence electrons. The maximum atomic E-state index is 11.7. The van der Waals surface area contributed by atoms with E-state index in [2.05, 4.69) is 5.32 Å². The fraction of sp³-hybridized carbons (Fsp3) is 0.462. The number of nitrogens with two attached hydrogens (primary N) is 1. The molecule has 1 aromatic rings. The highest BCUT2D eigenvalue weighted by Crippen LogP contribution is 2.08. The number of rotatable bonds is 7. The van der Waals surface area contributed by atoms with Crippen molar-refractivity contribution in [1.82, 2.24) is 5.32 Å². The van der Waals surface area contributed by atoms with Gasteiger partial charge < -0.3 is 11.1 Å². The van der Waals surface area contributed by atoms with E-state index in [4.69, 9.17) is 5.73 Å². The van der Waals surface area contributed by atoms with Gasteiger partial charge in [-0.05, 0) is 17.5 Å². The van der Waals surface area contributed by atoms with E-state index >= 15 is 0 Å². The second-order valence-electron chi connectivity index (χ2n) is 4.48. The van der Waals surface area contributed by atoms with Gasteiger partial charge >= 0.3 is 0 Å². The van der Waals surface area contributed by atoms with Crippen LogP contribution in [0.2, 0.25) is 0 Å². The Bertz CT molecular complexity index is 526. The average Bonchev–Trinajstić information content (AvgIpc) is 2.34. The Morgan fingerprint density at radius 1 is 1.26 bits per heavy atom. The fourth-order valence-corrected chi connectivity index (χ4v) is 2.40. The van der Waals surface area contributed by atoms with Crippen molar-refractivity contribution in [3.8, 4) is 0 Å². The van der Waals surface area contributed by atoms with Crippen molar-refractivity contribution in [2.75, 3.05) is 18.6 Å². The molecule has 1 rings (SSSR count). The Morgan fingerprint density at radius 3 is 2.47 bits per heavy atom. The molecule has 1 aromatic carbocycles. The predicted molar refractivity (Wildman–Crippen MR) is 75.4 cm³/mol. The van der Waals surface area contributed by atoms with E-state index < -0.39 is 9.84 Å². The van der Waals surface area contributed by atoms with Crippen molar-refractivity contribution in [2.45, 2.75) is 19.4 Å². The first-order chi connectivity index (χ1) is 8.92. The van der Waals surface area contributed by atoms with E-state index in [1.807, 2.05) is 24.3 Å². The second kappa shape index (κ2) is 7.25. The maximum Gasteiger partial charge on any atom is 0.224 e. The van der Waals surface area contributed by atoms with Crippen molar-refractivity contribution in [3.63, 3.8) is 0 Å². The predicted octanol–water partition coefficient (Wildman–Crippen LogP) is 0.239. The third-order valence-electron chi connectivity index (χ3n) is 2.70. The number of carbonyl (C=O) groups excluding carboxylic acids is 1. The van der Waals surface area contributed by atoms with E-state index in [-0.39, 0.29) is 18.1 Å². The van der Waals surface area contributed by atoms with Gasteiger partial charge in [0.05, 0.1) is 12.2 Å². The highest BCUT2D eigenvalue weighted by Gasteiger charge is 2.07. The lowest BCUT2D eigenvalue weighted by Gasteiger charge is -2.08. The lowest BCUT2D eigenvalue weighted by Crippen LogP contribution is -2.27. The van der Waals surface area contributed by atoms with Gasteiger partial charge in [-0.3, -0.25) is 4.79 Å². The third kappa shape index (κ3) is 6.35. The van der Waals surface area contributed by atoms with Gasteiger partial charge in [-0.2, -0.15) is 0 Å². The van der Waals surface area contributed by atoms with Crippen molar-refractivity contribution in [2.24, 2.45) is 5.73 Å². The van der Waals surface area contributed by atoms with Gasteiger partial charge in [0.1, 0.15) is 9.84 Å². The molecular weight excluding hydrogens is 264 g/mol. The monoisotopic (exact) mass is 284 g/mol. The van der Waals surface area contributed by atoms with E-state index in [1.54, 1.807) is 0 Å². The average molecular weight is 284 g/mol. The number of hydrogen-bond donors (Lipinski definition) is 2. The molecule has 0 saturated carbocycles. The van der Waals surface area contributed by atoms with Gasteiger partial charge in [-0.25, -0.2) is 8.42 Å². The number of sulfone groups is 1. The molecule has 6 heteroatoms. The summed E-state index contributed by atoms with van der Waals surface area (Å²) in [5, 5.41) is 2.71. The van der Waals surface area contributed by atoms with Gasteiger partial charge in [0.2, 0.25) is 5.91 Å². The summed E-state index contributed by atoms with van der Waals surface area (Å²) < 4.78 is 21.8. The molecule has 0 saturated heterocycles. The molecule has 0 aromatic heterocycles. The van der Waals surface area contributed by atoms with Gasteiger partial charge in [0.25, 0.3) is 0 Å². The highest BCUT2D eigenvalue weighted by atomic mass is 32.2. The van der Waals surface area contributed by atoms with Crippen LogP contribution in [0.25, 0.3) is 0 Å². The summed E-state index contributed by atoms with van der Waals surface area (Å²) in [5.74, 6) is -0.0263. The molecule has 3 N–H and O–H groups in total. The quantitative estimate of drug-likeness (QED) is 0.702. The summed E-state index contributed by atoms with van der Waals surface area (Å²) in [6, 6.07) is 7.52. The number of nitrogens with one attached hydrogen (secondary N) is 1. The maximum absolute atomic E-state index is 11.7. The summed E-state index contributed by atoms with van der Waals surface area (Å²) in [6.45, 7) is 0.772. The van der Waals surface area contributed by atoms with Crippen LogP contribution in [0, 0.1) is 0 Å². The molecule has 5 nitrogen and oxygen atoms in total. The van der Waals surface area contributed by atoms with Crippen LogP contribution in [0.1, 0.15) is 17.5 Å². The molecule has 0 aliphatic carbocycles. The van der Waals surface area contributed by atoms with Crippen LogP contribution in [0.5, 0.6) is 0 Å². The van der Waals surface area contributed by atoms with Crippen molar-refractivity contribution in [1.29, 1.82) is 0 Å². The minimum absolute atomic E-state index is 0.0899. The summed E-state index contributed by atoms with van der Waals surface area (Å²) in [5.41, 5.74) is 7.46. The molecule has 0 aliphatic rings. The first-order valence-electron chi connectivity index (χ1n) is 6.13. The third-order valence-corrected chi connectivity index (χ3v) is 3.73. The smallest absolute Gasteiger partial charge is 0.224 e. The first-order valence-corrected chi connectivity index (χ1v) is 8.19. The number of carbonyl (C=O) groups is 1. The van der Waals surface area contributed by atoms with E-state index in [0.29, 0.717) is 19.5 Å². The van der Waals surface area contributed by atoms with Crippen molar-refractivity contribution < 1.29 is 13.2 Å². The highest BCUT2D eigenvalue weighted by molar-refractivity contribution is 7.90. The molecular formula is C13H20N2O3S. The number of hydrogen-bond acceptors (Lipinski definition) is 4. The van der Waals surface area contributed by atoms with Crippen LogP contribution in [0.15, 0.2) is 24.3 Å². The Hall–Kier alpha value is -1.40. The minimum atomic E-state index is -2.96. The topological polar surface area (TPSA) is 89.3 Å². The van der Waals surface area contributed by atoms with E-state index in [0.717, 1.165) is 11.1 Å². The van der Waals surface area contributed by atoms with Gasteiger partial charge in [-0.1, -0.05) is 24.3 Å². The Morgan fingerprint density at radius 2 is 1.89 bits per heavy atom. The summed E-state index contributed by atoms with van der Waals surface area (Å²) in [6.07, 6.45) is 1.89. The van der Waals surface area contributed by atoms with Crippen LogP contribution >= 0.6 is 0 Å². The van der Waals surface area contributed by atoms with Crippen LogP contribution in [-0.2, 0) is 27.6 Å². The van der Waals surface area contributed by atoms with Gasteiger partial charge in [0, 0.05) is 19.3 Å². The number of amides is 1. The van der Waals surface area contributed by atoms with Gasteiger partial charge in [-0.15, -0.1) is 0 Å². The molecule has 19 heavy (non-hydrogen) atoms. The van der Waals surface area contributed by atoms with E-state index in [9.17, 15) is 13.2 Å². The molecule has 0 heterocycles.